The molecule has 0 fully saturated rings. The molecule has 0 saturated heterocycles. The fourth-order valence-electron chi connectivity index (χ4n) is 4.40. The van der Waals surface area contributed by atoms with Gasteiger partial charge in [0, 0.05) is 42.1 Å². The predicted octanol–water partition coefficient (Wildman–Crippen LogP) is 3.56. The van der Waals surface area contributed by atoms with Crippen molar-refractivity contribution in [1.82, 2.24) is 14.5 Å². The first-order valence-corrected chi connectivity index (χ1v) is 11.9. The molecule has 1 aliphatic rings. The van der Waals surface area contributed by atoms with E-state index in [1.165, 1.54) is 0 Å². The average molecular weight is 469 g/mol. The molecule has 1 N–H and O–H groups in total. The van der Waals surface area contributed by atoms with Crippen LogP contribution in [0, 0.1) is 5.92 Å². The van der Waals surface area contributed by atoms with Crippen LogP contribution < -0.4 is 4.90 Å². The summed E-state index contributed by atoms with van der Waals surface area (Å²) < 4.78 is 66.0. The van der Waals surface area contributed by atoms with Crippen LogP contribution in [0.5, 0.6) is 0 Å². The zero-order valence-corrected chi connectivity index (χ0v) is 18.6. The van der Waals surface area contributed by atoms with Gasteiger partial charge in [-0.05, 0) is 35.7 Å². The molecule has 4 rings (SSSR count). The first-order chi connectivity index (χ1) is 14.9. The van der Waals surface area contributed by atoms with Crippen LogP contribution in [-0.2, 0) is 29.2 Å². The first kappa shape index (κ1) is 22.5. The molecule has 1 aromatic carbocycles. The topological polar surface area (TPSA) is 88.3 Å². The molecule has 11 heteroatoms. The van der Waals surface area contributed by atoms with E-state index in [9.17, 15) is 26.7 Å². The molecule has 0 amide bonds. The lowest BCUT2D eigenvalue weighted by molar-refractivity contribution is -0.141. The van der Waals surface area contributed by atoms with Gasteiger partial charge >= 0.3 is 6.18 Å². The lowest BCUT2D eigenvalue weighted by Crippen LogP contribution is -2.41. The van der Waals surface area contributed by atoms with Gasteiger partial charge in [-0.3, -0.25) is 0 Å². The summed E-state index contributed by atoms with van der Waals surface area (Å²) in [5, 5.41) is 10.4. The number of sulfone groups is 1. The molecular formula is C21H23F3N4O3S. The van der Waals surface area contributed by atoms with E-state index in [0.717, 1.165) is 29.6 Å². The summed E-state index contributed by atoms with van der Waals surface area (Å²) in [6, 6.07) is 5.63. The standard InChI is InChI=1S/C21H23F3N4O3S/c1-12(2)19-16-9-13-8-14(11-29)17(32(3,30)31)10-15(13)27(16)6-7-28(19)20-25-5-4-18(26-20)21(22,23)24/h4-5,8-10,12,19,29H,6-7,11H2,1-3H3/t19-/m1/s1. The number of halogens is 3. The van der Waals surface area contributed by atoms with E-state index in [1.807, 2.05) is 24.5 Å². The molecule has 172 valence electrons. The molecule has 0 saturated carbocycles. The molecule has 0 spiro atoms. The highest BCUT2D eigenvalue weighted by molar-refractivity contribution is 7.90. The Bertz CT molecular complexity index is 1290. The van der Waals surface area contributed by atoms with E-state index < -0.39 is 28.3 Å². The molecule has 3 heterocycles. The summed E-state index contributed by atoms with van der Waals surface area (Å²) in [6.07, 6.45) is -2.37. The van der Waals surface area contributed by atoms with E-state index in [-0.39, 0.29) is 22.8 Å². The number of fused-ring (bicyclic) bond motifs is 3. The number of nitrogens with zero attached hydrogens (tertiary/aromatic N) is 4. The monoisotopic (exact) mass is 468 g/mol. The maximum Gasteiger partial charge on any atom is 0.433 e. The van der Waals surface area contributed by atoms with E-state index in [4.69, 9.17) is 0 Å². The van der Waals surface area contributed by atoms with Gasteiger partial charge in [0.05, 0.1) is 17.5 Å². The van der Waals surface area contributed by atoms with E-state index in [2.05, 4.69) is 9.97 Å². The normalized spacial score (nSPS) is 17.2. The Labute approximate surface area is 183 Å². The second kappa shape index (κ2) is 7.73. The minimum absolute atomic E-state index is 0.00269. The van der Waals surface area contributed by atoms with Crippen molar-refractivity contribution in [3.8, 4) is 0 Å². The molecule has 2 aromatic heterocycles. The van der Waals surface area contributed by atoms with Crippen LogP contribution in [0.2, 0.25) is 0 Å². The van der Waals surface area contributed by atoms with E-state index in [0.29, 0.717) is 24.2 Å². The van der Waals surface area contributed by atoms with Gasteiger partial charge in [-0.1, -0.05) is 13.8 Å². The largest absolute Gasteiger partial charge is 0.433 e. The van der Waals surface area contributed by atoms with E-state index >= 15 is 0 Å². The van der Waals surface area contributed by atoms with Crippen molar-refractivity contribution < 1.29 is 26.7 Å². The molecule has 32 heavy (non-hydrogen) atoms. The number of aromatic nitrogens is 3. The fraction of sp³-hybridized carbons (Fsp3) is 0.429. The third kappa shape index (κ3) is 3.83. The fourth-order valence-corrected chi connectivity index (χ4v) is 5.32. The molecule has 7 nitrogen and oxygen atoms in total. The van der Waals surface area contributed by atoms with Crippen molar-refractivity contribution in [2.75, 3.05) is 17.7 Å². The zero-order valence-electron chi connectivity index (χ0n) is 17.8. The van der Waals surface area contributed by atoms with Crippen molar-refractivity contribution in [2.24, 2.45) is 5.92 Å². The molecule has 0 unspecified atom stereocenters. The summed E-state index contributed by atoms with van der Waals surface area (Å²) in [5.41, 5.74) is 0.841. The number of benzene rings is 1. The predicted molar refractivity (Wildman–Crippen MR) is 113 cm³/mol. The number of alkyl halides is 3. The Hall–Kier alpha value is -2.66. The SMILES string of the molecule is CC(C)[C@@H]1c2cc3cc(CO)c(S(C)(=O)=O)cc3n2CCN1c1nccc(C(F)(F)F)n1. The second-order valence-corrected chi connectivity index (χ2v) is 10.3. The summed E-state index contributed by atoms with van der Waals surface area (Å²) >= 11 is 0. The maximum atomic E-state index is 13.2. The molecule has 0 bridgehead atoms. The number of hydrogen-bond acceptors (Lipinski definition) is 6. The second-order valence-electron chi connectivity index (χ2n) is 8.29. The van der Waals surface area contributed by atoms with Crippen molar-refractivity contribution in [3.63, 3.8) is 0 Å². The summed E-state index contributed by atoms with van der Waals surface area (Å²) in [6.45, 7) is 4.27. The van der Waals surface area contributed by atoms with Crippen molar-refractivity contribution in [3.05, 3.63) is 47.4 Å². The Morgan fingerprint density at radius 3 is 2.53 bits per heavy atom. The van der Waals surface area contributed by atoms with Crippen LogP contribution in [-0.4, -0.2) is 40.9 Å². The molecule has 1 aliphatic heterocycles. The highest BCUT2D eigenvalue weighted by Crippen LogP contribution is 2.39. The van der Waals surface area contributed by atoms with E-state index in [1.54, 1.807) is 17.0 Å². The highest BCUT2D eigenvalue weighted by atomic mass is 32.2. The zero-order chi connectivity index (χ0) is 23.4. The minimum Gasteiger partial charge on any atom is -0.392 e. The Morgan fingerprint density at radius 1 is 1.22 bits per heavy atom. The number of rotatable bonds is 4. The van der Waals surface area contributed by atoms with Crippen molar-refractivity contribution in [1.29, 1.82) is 0 Å². The summed E-state index contributed by atoms with van der Waals surface area (Å²) in [5.74, 6) is 0.00565. The van der Waals surface area contributed by atoms with Gasteiger partial charge in [-0.15, -0.1) is 0 Å². The average Bonchev–Trinajstić information content (AvgIpc) is 3.08. The Balaban J connectivity index is 1.87. The van der Waals surface area contributed by atoms with Gasteiger partial charge in [0.25, 0.3) is 0 Å². The number of aliphatic hydroxyl groups is 1. The van der Waals surface area contributed by atoms with Gasteiger partial charge < -0.3 is 14.6 Å². The number of aliphatic hydroxyl groups excluding tert-OH is 1. The molecule has 0 aliphatic carbocycles. The third-order valence-electron chi connectivity index (χ3n) is 5.71. The molecule has 1 atom stereocenters. The maximum absolute atomic E-state index is 13.2. The van der Waals surface area contributed by atoms with Gasteiger partial charge in [0.15, 0.2) is 9.84 Å². The Morgan fingerprint density at radius 2 is 1.94 bits per heavy atom. The smallest absolute Gasteiger partial charge is 0.392 e. The molecule has 0 radical (unpaired) electrons. The summed E-state index contributed by atoms with van der Waals surface area (Å²) in [7, 11) is -3.55. The van der Waals surface area contributed by atoms with Crippen LogP contribution in [0.4, 0.5) is 19.1 Å². The highest BCUT2D eigenvalue weighted by Gasteiger charge is 2.36. The molecule has 3 aromatic rings. The van der Waals surface area contributed by atoms with Crippen molar-refractivity contribution in [2.45, 2.75) is 44.1 Å². The molecular weight excluding hydrogens is 445 g/mol. The van der Waals surface area contributed by atoms with Crippen LogP contribution in [0.3, 0.4) is 0 Å². The number of anilines is 1. The summed E-state index contributed by atoms with van der Waals surface area (Å²) in [4.78, 5) is 9.70. The van der Waals surface area contributed by atoms with Gasteiger partial charge in [0.2, 0.25) is 5.95 Å². The van der Waals surface area contributed by atoms with Gasteiger partial charge in [-0.25, -0.2) is 18.4 Å². The van der Waals surface area contributed by atoms with Crippen LogP contribution >= 0.6 is 0 Å². The van der Waals surface area contributed by atoms with Gasteiger partial charge in [-0.2, -0.15) is 13.2 Å². The Kier molecular flexibility index (Phi) is 5.44. The number of hydrogen-bond donors (Lipinski definition) is 1. The van der Waals surface area contributed by atoms with Crippen molar-refractivity contribution >= 4 is 26.7 Å². The lowest BCUT2D eigenvalue weighted by Gasteiger charge is -2.39. The van der Waals surface area contributed by atoms with Crippen LogP contribution in [0.15, 0.2) is 35.4 Å². The van der Waals surface area contributed by atoms with Crippen LogP contribution in [0.25, 0.3) is 10.9 Å². The minimum atomic E-state index is -4.57. The van der Waals surface area contributed by atoms with Crippen LogP contribution in [0.1, 0.15) is 36.8 Å². The third-order valence-corrected chi connectivity index (χ3v) is 6.89. The lowest BCUT2D eigenvalue weighted by atomic mass is 9.97. The van der Waals surface area contributed by atoms with Gasteiger partial charge in [0.1, 0.15) is 5.69 Å². The quantitative estimate of drug-likeness (QED) is 0.630. The first-order valence-electron chi connectivity index (χ1n) is 10.1.